The summed E-state index contributed by atoms with van der Waals surface area (Å²) >= 11 is 0. The molecule has 92 valence electrons. The number of methoxy groups -OCH3 is 1. The number of nitrogens with one attached hydrogen (secondary N) is 2. The number of rotatable bonds is 4. The molecule has 2 amide bonds. The van der Waals surface area contributed by atoms with Crippen molar-refractivity contribution >= 4 is 11.8 Å². The van der Waals surface area contributed by atoms with E-state index in [1.165, 1.54) is 0 Å². The Kier molecular flexibility index (Phi) is 5.21. The Morgan fingerprint density at radius 2 is 2.12 bits per heavy atom. The largest absolute Gasteiger partial charge is 0.379 e. The van der Waals surface area contributed by atoms with E-state index < -0.39 is 11.8 Å². The first-order chi connectivity index (χ1) is 7.69. The van der Waals surface area contributed by atoms with Gasteiger partial charge < -0.3 is 21.1 Å². The van der Waals surface area contributed by atoms with Crippen LogP contribution in [0.3, 0.4) is 0 Å². The smallest absolute Gasteiger partial charge is 0.309 e. The van der Waals surface area contributed by atoms with Gasteiger partial charge in [-0.1, -0.05) is 0 Å². The SMILES string of the molecule is COC1CCCC1NC(=O)C(=O)NCCN. The summed E-state index contributed by atoms with van der Waals surface area (Å²) < 4.78 is 5.22. The van der Waals surface area contributed by atoms with Gasteiger partial charge in [0.15, 0.2) is 0 Å². The minimum atomic E-state index is -0.632. The fourth-order valence-electron chi connectivity index (χ4n) is 1.87. The van der Waals surface area contributed by atoms with Crippen LogP contribution >= 0.6 is 0 Å². The summed E-state index contributed by atoms with van der Waals surface area (Å²) in [5.41, 5.74) is 5.22. The molecule has 0 saturated heterocycles. The van der Waals surface area contributed by atoms with Crippen LogP contribution in [0.2, 0.25) is 0 Å². The average molecular weight is 229 g/mol. The predicted octanol–water partition coefficient (Wildman–Crippen LogP) is -1.25. The number of carbonyl (C=O) groups excluding carboxylic acids is 2. The zero-order valence-electron chi connectivity index (χ0n) is 9.49. The van der Waals surface area contributed by atoms with Gasteiger partial charge in [0.1, 0.15) is 0 Å². The van der Waals surface area contributed by atoms with Crippen LogP contribution in [0, 0.1) is 0 Å². The molecule has 1 fully saturated rings. The molecule has 6 nitrogen and oxygen atoms in total. The fraction of sp³-hybridized carbons (Fsp3) is 0.800. The monoisotopic (exact) mass is 229 g/mol. The predicted molar refractivity (Wildman–Crippen MR) is 58.6 cm³/mol. The number of ether oxygens (including phenoxy) is 1. The van der Waals surface area contributed by atoms with Crippen molar-refractivity contribution in [1.82, 2.24) is 10.6 Å². The molecule has 0 radical (unpaired) electrons. The summed E-state index contributed by atoms with van der Waals surface area (Å²) in [6.45, 7) is 0.633. The molecule has 0 aromatic rings. The summed E-state index contributed by atoms with van der Waals surface area (Å²) in [5.74, 6) is -1.24. The van der Waals surface area contributed by atoms with Gasteiger partial charge in [-0.3, -0.25) is 9.59 Å². The van der Waals surface area contributed by atoms with Gasteiger partial charge in [0.2, 0.25) is 0 Å². The lowest BCUT2D eigenvalue weighted by atomic mass is 10.2. The van der Waals surface area contributed by atoms with Gasteiger partial charge in [0, 0.05) is 20.2 Å². The van der Waals surface area contributed by atoms with Gasteiger partial charge in [-0.05, 0) is 19.3 Å². The van der Waals surface area contributed by atoms with Gasteiger partial charge in [-0.25, -0.2) is 0 Å². The highest BCUT2D eigenvalue weighted by atomic mass is 16.5. The maximum atomic E-state index is 11.4. The molecule has 2 atom stereocenters. The van der Waals surface area contributed by atoms with E-state index in [1.54, 1.807) is 7.11 Å². The normalized spacial score (nSPS) is 24.1. The van der Waals surface area contributed by atoms with Crippen molar-refractivity contribution in [3.8, 4) is 0 Å². The average Bonchev–Trinajstić information content (AvgIpc) is 2.72. The van der Waals surface area contributed by atoms with Gasteiger partial charge in [-0.2, -0.15) is 0 Å². The van der Waals surface area contributed by atoms with Crippen LogP contribution < -0.4 is 16.4 Å². The first kappa shape index (κ1) is 12.9. The quantitative estimate of drug-likeness (QED) is 0.525. The molecule has 1 rings (SSSR count). The molecular weight excluding hydrogens is 210 g/mol. The molecule has 0 aromatic heterocycles. The van der Waals surface area contributed by atoms with Crippen molar-refractivity contribution in [3.05, 3.63) is 0 Å². The number of amides is 2. The number of nitrogens with two attached hydrogens (primary N) is 1. The molecule has 1 aliphatic rings. The molecule has 1 saturated carbocycles. The summed E-state index contributed by atoms with van der Waals surface area (Å²) in [5, 5.41) is 5.09. The molecule has 16 heavy (non-hydrogen) atoms. The highest BCUT2D eigenvalue weighted by Crippen LogP contribution is 2.21. The number of hydrogen-bond acceptors (Lipinski definition) is 4. The second kappa shape index (κ2) is 6.44. The molecule has 0 aromatic carbocycles. The van der Waals surface area contributed by atoms with E-state index in [-0.39, 0.29) is 12.1 Å². The van der Waals surface area contributed by atoms with Crippen molar-refractivity contribution < 1.29 is 14.3 Å². The van der Waals surface area contributed by atoms with Gasteiger partial charge in [0.05, 0.1) is 12.1 Å². The van der Waals surface area contributed by atoms with Crippen LogP contribution in [0.5, 0.6) is 0 Å². The highest BCUT2D eigenvalue weighted by molar-refractivity contribution is 6.35. The van der Waals surface area contributed by atoms with Crippen LogP contribution in [0.4, 0.5) is 0 Å². The Hall–Kier alpha value is -1.14. The second-order valence-corrected chi connectivity index (χ2v) is 3.83. The van der Waals surface area contributed by atoms with Crippen molar-refractivity contribution in [3.63, 3.8) is 0 Å². The zero-order valence-corrected chi connectivity index (χ0v) is 9.49. The summed E-state index contributed by atoms with van der Waals surface area (Å²) in [4.78, 5) is 22.7. The van der Waals surface area contributed by atoms with Crippen LogP contribution in [0.1, 0.15) is 19.3 Å². The van der Waals surface area contributed by atoms with Crippen molar-refractivity contribution in [2.75, 3.05) is 20.2 Å². The number of carbonyl (C=O) groups is 2. The molecule has 6 heteroatoms. The lowest BCUT2D eigenvalue weighted by molar-refractivity contribution is -0.140. The van der Waals surface area contributed by atoms with E-state index in [4.69, 9.17) is 10.5 Å². The van der Waals surface area contributed by atoms with Crippen molar-refractivity contribution in [2.45, 2.75) is 31.4 Å². The first-order valence-corrected chi connectivity index (χ1v) is 5.50. The lowest BCUT2D eigenvalue weighted by Crippen LogP contribution is -2.48. The molecule has 0 spiro atoms. The third-order valence-corrected chi connectivity index (χ3v) is 2.71. The standard InChI is InChI=1S/C10H19N3O3/c1-16-8-4-2-3-7(8)13-10(15)9(14)12-6-5-11/h7-8H,2-6,11H2,1H3,(H,12,14)(H,13,15). The molecule has 0 aliphatic heterocycles. The Morgan fingerprint density at radius 1 is 1.38 bits per heavy atom. The van der Waals surface area contributed by atoms with E-state index in [1.807, 2.05) is 0 Å². The van der Waals surface area contributed by atoms with E-state index in [0.29, 0.717) is 13.1 Å². The van der Waals surface area contributed by atoms with Gasteiger partial charge in [0.25, 0.3) is 0 Å². The minimum absolute atomic E-state index is 0.0197. The second-order valence-electron chi connectivity index (χ2n) is 3.83. The van der Waals surface area contributed by atoms with Crippen LogP contribution in [-0.4, -0.2) is 44.2 Å². The number of hydrogen-bond donors (Lipinski definition) is 3. The summed E-state index contributed by atoms with van der Waals surface area (Å²) in [6, 6.07) is -0.0545. The Labute approximate surface area is 94.9 Å². The Morgan fingerprint density at radius 3 is 2.75 bits per heavy atom. The molecular formula is C10H19N3O3. The van der Waals surface area contributed by atoms with Gasteiger partial charge >= 0.3 is 11.8 Å². The first-order valence-electron chi connectivity index (χ1n) is 5.50. The third kappa shape index (κ3) is 3.46. The molecule has 4 N–H and O–H groups in total. The van der Waals surface area contributed by atoms with Crippen LogP contribution in [-0.2, 0) is 14.3 Å². The maximum Gasteiger partial charge on any atom is 0.309 e. The fourth-order valence-corrected chi connectivity index (χ4v) is 1.87. The Balaban J connectivity index is 2.35. The topological polar surface area (TPSA) is 93.4 Å². The van der Waals surface area contributed by atoms with E-state index >= 15 is 0 Å². The van der Waals surface area contributed by atoms with Crippen LogP contribution in [0.15, 0.2) is 0 Å². The minimum Gasteiger partial charge on any atom is -0.379 e. The molecule has 0 heterocycles. The highest BCUT2D eigenvalue weighted by Gasteiger charge is 2.29. The molecule has 1 aliphatic carbocycles. The van der Waals surface area contributed by atoms with Crippen molar-refractivity contribution in [2.24, 2.45) is 5.73 Å². The third-order valence-electron chi connectivity index (χ3n) is 2.71. The molecule has 0 bridgehead atoms. The summed E-state index contributed by atoms with van der Waals surface area (Å²) in [6.07, 6.45) is 2.81. The lowest BCUT2D eigenvalue weighted by Gasteiger charge is -2.19. The van der Waals surface area contributed by atoms with E-state index in [2.05, 4.69) is 10.6 Å². The zero-order chi connectivity index (χ0) is 12.0. The van der Waals surface area contributed by atoms with Gasteiger partial charge in [-0.15, -0.1) is 0 Å². The summed E-state index contributed by atoms with van der Waals surface area (Å²) in [7, 11) is 1.61. The Bertz CT molecular complexity index is 258. The van der Waals surface area contributed by atoms with Crippen LogP contribution in [0.25, 0.3) is 0 Å². The van der Waals surface area contributed by atoms with Crippen molar-refractivity contribution in [1.29, 1.82) is 0 Å². The maximum absolute atomic E-state index is 11.4. The van der Waals surface area contributed by atoms with E-state index in [0.717, 1.165) is 19.3 Å². The molecule has 2 unspecified atom stereocenters. The van der Waals surface area contributed by atoms with E-state index in [9.17, 15) is 9.59 Å².